The number of hydrogen-bond donors (Lipinski definition) is 2. The third kappa shape index (κ3) is 3.55. The van der Waals surface area contributed by atoms with Gasteiger partial charge in [-0.3, -0.25) is 4.79 Å². The van der Waals surface area contributed by atoms with E-state index >= 15 is 0 Å². The molecule has 0 aromatic carbocycles. The van der Waals surface area contributed by atoms with Crippen molar-refractivity contribution >= 4 is 11.9 Å². The molecule has 0 radical (unpaired) electrons. The molecule has 0 spiro atoms. The van der Waals surface area contributed by atoms with Gasteiger partial charge in [0.25, 0.3) is 0 Å². The molecule has 1 aromatic rings. The molecule has 84 valence electrons. The molecule has 0 fully saturated rings. The molecule has 1 aromatic heterocycles. The number of anilines is 1. The second-order valence-corrected chi connectivity index (χ2v) is 3.17. The van der Waals surface area contributed by atoms with E-state index in [1.54, 1.807) is 21.1 Å². The summed E-state index contributed by atoms with van der Waals surface area (Å²) in [6, 6.07) is 0.260. The quantitative estimate of drug-likeness (QED) is 0.672. The maximum Gasteiger partial charge on any atom is 0.315 e. The highest BCUT2D eigenvalue weighted by molar-refractivity contribution is 5.79. The van der Waals surface area contributed by atoms with Crippen LogP contribution in [0.25, 0.3) is 0 Å². The van der Waals surface area contributed by atoms with E-state index in [-0.39, 0.29) is 18.5 Å². The van der Waals surface area contributed by atoms with Gasteiger partial charge in [0, 0.05) is 14.1 Å². The Labute approximate surface area is 87.8 Å². The Kier molecular flexibility index (Phi) is 4.04. The first-order chi connectivity index (χ1) is 7.13. The van der Waals surface area contributed by atoms with Gasteiger partial charge in [0.2, 0.25) is 11.8 Å². The second-order valence-electron chi connectivity index (χ2n) is 3.17. The summed E-state index contributed by atoms with van der Waals surface area (Å²) in [6.07, 6.45) is 0. The third-order valence-corrected chi connectivity index (χ3v) is 1.68. The lowest BCUT2D eigenvalue weighted by Crippen LogP contribution is -2.28. The van der Waals surface area contributed by atoms with E-state index in [1.807, 2.05) is 0 Å². The zero-order chi connectivity index (χ0) is 11.3. The summed E-state index contributed by atoms with van der Waals surface area (Å²) in [7, 11) is 5.15. The molecule has 0 atom stereocenters. The third-order valence-electron chi connectivity index (χ3n) is 1.68. The summed E-state index contributed by atoms with van der Waals surface area (Å²) < 4.78 is 5.19. The SMILES string of the molecule is CNCc1nnc(NCC(=O)N(C)C)o1. The summed E-state index contributed by atoms with van der Waals surface area (Å²) in [4.78, 5) is 12.7. The Morgan fingerprint density at radius 3 is 2.80 bits per heavy atom. The van der Waals surface area contributed by atoms with Crippen LogP contribution < -0.4 is 10.6 Å². The van der Waals surface area contributed by atoms with Crippen molar-refractivity contribution in [1.82, 2.24) is 20.4 Å². The summed E-state index contributed by atoms with van der Waals surface area (Å²) in [6.45, 7) is 0.657. The van der Waals surface area contributed by atoms with Crippen molar-refractivity contribution in [3.8, 4) is 0 Å². The van der Waals surface area contributed by atoms with Crippen LogP contribution in [0.1, 0.15) is 5.89 Å². The minimum Gasteiger partial charge on any atom is -0.407 e. The van der Waals surface area contributed by atoms with Crippen LogP contribution in [0.5, 0.6) is 0 Å². The highest BCUT2D eigenvalue weighted by Crippen LogP contribution is 2.04. The Hall–Kier alpha value is -1.63. The largest absolute Gasteiger partial charge is 0.407 e. The zero-order valence-corrected chi connectivity index (χ0v) is 9.07. The number of nitrogens with one attached hydrogen (secondary N) is 2. The van der Waals surface area contributed by atoms with Crippen LogP contribution >= 0.6 is 0 Å². The number of carbonyl (C=O) groups excluding carboxylic acids is 1. The maximum atomic E-state index is 11.2. The van der Waals surface area contributed by atoms with Crippen LogP contribution in [-0.4, -0.2) is 48.7 Å². The van der Waals surface area contributed by atoms with Crippen molar-refractivity contribution in [2.45, 2.75) is 6.54 Å². The maximum absolute atomic E-state index is 11.2. The van der Waals surface area contributed by atoms with Gasteiger partial charge < -0.3 is 20.0 Å². The second kappa shape index (κ2) is 5.30. The molecular formula is C8H15N5O2. The average molecular weight is 213 g/mol. The Morgan fingerprint density at radius 2 is 2.20 bits per heavy atom. The average Bonchev–Trinajstić information content (AvgIpc) is 2.62. The van der Waals surface area contributed by atoms with Gasteiger partial charge in [0.1, 0.15) is 0 Å². The van der Waals surface area contributed by atoms with Crippen molar-refractivity contribution in [1.29, 1.82) is 0 Å². The highest BCUT2D eigenvalue weighted by atomic mass is 16.4. The van der Waals surface area contributed by atoms with Gasteiger partial charge in [0.15, 0.2) is 0 Å². The molecule has 2 N–H and O–H groups in total. The number of carbonyl (C=O) groups is 1. The van der Waals surface area contributed by atoms with Crippen LogP contribution in [-0.2, 0) is 11.3 Å². The molecule has 7 nitrogen and oxygen atoms in total. The predicted molar refractivity (Wildman–Crippen MR) is 54.2 cm³/mol. The fourth-order valence-corrected chi connectivity index (χ4v) is 0.857. The number of likely N-dealkylation sites (N-methyl/N-ethyl adjacent to an activating group) is 1. The number of nitrogens with zero attached hydrogens (tertiary/aromatic N) is 3. The van der Waals surface area contributed by atoms with Crippen molar-refractivity contribution < 1.29 is 9.21 Å². The van der Waals surface area contributed by atoms with E-state index in [1.165, 1.54) is 4.90 Å². The summed E-state index contributed by atoms with van der Waals surface area (Å²) >= 11 is 0. The first-order valence-electron chi connectivity index (χ1n) is 4.54. The van der Waals surface area contributed by atoms with Crippen LogP contribution in [0.4, 0.5) is 6.01 Å². The van der Waals surface area contributed by atoms with Crippen LogP contribution in [0, 0.1) is 0 Å². The molecule has 0 aliphatic rings. The van der Waals surface area contributed by atoms with Crippen molar-refractivity contribution in [3.05, 3.63) is 5.89 Å². The van der Waals surface area contributed by atoms with E-state index < -0.39 is 0 Å². The fraction of sp³-hybridized carbons (Fsp3) is 0.625. The van der Waals surface area contributed by atoms with Crippen LogP contribution in [0.15, 0.2) is 4.42 Å². The van der Waals surface area contributed by atoms with E-state index in [2.05, 4.69) is 20.8 Å². The number of rotatable bonds is 5. The van der Waals surface area contributed by atoms with Crippen molar-refractivity contribution in [3.63, 3.8) is 0 Å². The van der Waals surface area contributed by atoms with Gasteiger partial charge in [0.05, 0.1) is 13.1 Å². The zero-order valence-electron chi connectivity index (χ0n) is 9.07. The first kappa shape index (κ1) is 11.4. The first-order valence-corrected chi connectivity index (χ1v) is 4.54. The standard InChI is InChI=1S/C8H15N5O2/c1-9-4-6-11-12-8(15-6)10-5-7(14)13(2)3/h9H,4-5H2,1-3H3,(H,10,12). The summed E-state index contributed by atoms with van der Waals surface area (Å²) in [5.41, 5.74) is 0. The number of amides is 1. The molecule has 1 rings (SSSR count). The molecule has 0 aliphatic heterocycles. The Bertz CT molecular complexity index is 323. The lowest BCUT2D eigenvalue weighted by molar-refractivity contribution is -0.126. The van der Waals surface area contributed by atoms with Gasteiger partial charge in [-0.25, -0.2) is 0 Å². The van der Waals surface area contributed by atoms with Gasteiger partial charge >= 0.3 is 6.01 Å². The van der Waals surface area contributed by atoms with Crippen LogP contribution in [0.2, 0.25) is 0 Å². The lowest BCUT2D eigenvalue weighted by atomic mass is 10.5. The van der Waals surface area contributed by atoms with Crippen LogP contribution in [0.3, 0.4) is 0 Å². The predicted octanol–water partition coefficient (Wildman–Crippen LogP) is -0.711. The van der Waals surface area contributed by atoms with Crippen molar-refractivity contribution in [2.75, 3.05) is 33.0 Å². The van der Waals surface area contributed by atoms with Gasteiger partial charge in [-0.15, -0.1) is 5.10 Å². The molecule has 1 heterocycles. The van der Waals surface area contributed by atoms with E-state index in [4.69, 9.17) is 4.42 Å². The smallest absolute Gasteiger partial charge is 0.315 e. The molecule has 15 heavy (non-hydrogen) atoms. The number of aromatic nitrogens is 2. The van der Waals surface area contributed by atoms with E-state index in [0.717, 1.165) is 0 Å². The van der Waals surface area contributed by atoms with Gasteiger partial charge in [-0.2, -0.15) is 0 Å². The van der Waals surface area contributed by atoms with E-state index in [0.29, 0.717) is 12.4 Å². The van der Waals surface area contributed by atoms with Gasteiger partial charge in [-0.1, -0.05) is 5.10 Å². The van der Waals surface area contributed by atoms with Crippen molar-refractivity contribution in [2.24, 2.45) is 0 Å². The summed E-state index contributed by atoms with van der Waals surface area (Å²) in [5.74, 6) is 0.431. The molecule has 7 heteroatoms. The summed E-state index contributed by atoms with van der Waals surface area (Å²) in [5, 5.41) is 13.1. The number of hydrogen-bond acceptors (Lipinski definition) is 6. The highest BCUT2D eigenvalue weighted by Gasteiger charge is 2.07. The van der Waals surface area contributed by atoms with Gasteiger partial charge in [-0.05, 0) is 7.05 Å². The molecule has 0 aliphatic carbocycles. The minimum atomic E-state index is -0.0524. The van der Waals surface area contributed by atoms with E-state index in [9.17, 15) is 4.79 Å². The Morgan fingerprint density at radius 1 is 1.47 bits per heavy atom. The topological polar surface area (TPSA) is 83.3 Å². The molecule has 1 amide bonds. The molecule has 0 saturated heterocycles. The molecule has 0 bridgehead atoms. The Balaban J connectivity index is 2.40. The molecule has 0 saturated carbocycles. The molecular weight excluding hydrogens is 198 g/mol. The minimum absolute atomic E-state index is 0.0524. The molecule has 0 unspecified atom stereocenters. The lowest BCUT2D eigenvalue weighted by Gasteiger charge is -2.09. The normalized spacial score (nSPS) is 10.1. The monoisotopic (exact) mass is 213 g/mol. The fourth-order valence-electron chi connectivity index (χ4n) is 0.857.